The lowest BCUT2D eigenvalue weighted by atomic mass is 9.95. The van der Waals surface area contributed by atoms with Crippen LogP contribution in [0, 0.1) is 13.8 Å². The molecule has 0 radical (unpaired) electrons. The molecule has 0 atom stereocenters. The van der Waals surface area contributed by atoms with E-state index in [4.69, 9.17) is 14.2 Å². The third-order valence-corrected chi connectivity index (χ3v) is 4.82. The highest BCUT2D eigenvalue weighted by atomic mass is 16.6. The maximum atomic E-state index is 12.4. The number of hydrogen-bond donors (Lipinski definition) is 2. The van der Waals surface area contributed by atoms with Gasteiger partial charge in [-0.15, -0.1) is 0 Å². The van der Waals surface area contributed by atoms with Gasteiger partial charge in [0.05, 0.1) is 7.11 Å². The van der Waals surface area contributed by atoms with Gasteiger partial charge in [0.15, 0.2) is 0 Å². The maximum absolute atomic E-state index is 12.4. The van der Waals surface area contributed by atoms with Gasteiger partial charge in [0, 0.05) is 25.1 Å². The Balaban J connectivity index is 2.41. The van der Waals surface area contributed by atoms with E-state index >= 15 is 0 Å². The molecule has 0 spiro atoms. The zero-order valence-electron chi connectivity index (χ0n) is 19.8. The van der Waals surface area contributed by atoms with Gasteiger partial charge in [-0.2, -0.15) is 0 Å². The Morgan fingerprint density at radius 1 is 0.971 bits per heavy atom. The summed E-state index contributed by atoms with van der Waals surface area (Å²) >= 11 is 0. The van der Waals surface area contributed by atoms with Crippen molar-refractivity contribution in [3.05, 3.63) is 69.9 Å². The van der Waals surface area contributed by atoms with Crippen molar-refractivity contribution in [2.75, 3.05) is 12.4 Å². The second kappa shape index (κ2) is 12.2. The Hall–Kier alpha value is -4.14. The molecule has 0 aliphatic heterocycles. The minimum absolute atomic E-state index is 0.0163. The van der Waals surface area contributed by atoms with Crippen molar-refractivity contribution in [2.45, 2.75) is 40.9 Å². The molecule has 0 aliphatic carbocycles. The van der Waals surface area contributed by atoms with Gasteiger partial charge in [-0.1, -0.05) is 30.3 Å². The first-order valence-corrected chi connectivity index (χ1v) is 10.4. The van der Waals surface area contributed by atoms with Crippen LogP contribution in [0.1, 0.15) is 41.7 Å². The molecule has 9 heteroatoms. The lowest BCUT2D eigenvalue weighted by Gasteiger charge is -2.18. The van der Waals surface area contributed by atoms with Crippen LogP contribution in [0.2, 0.25) is 0 Å². The number of benzene rings is 2. The number of carbonyl (C=O) groups excluding carboxylic acids is 4. The molecule has 34 heavy (non-hydrogen) atoms. The smallest absolute Gasteiger partial charge is 0.412 e. The van der Waals surface area contributed by atoms with Gasteiger partial charge in [-0.05, 0) is 48.2 Å². The molecule has 2 aromatic carbocycles. The van der Waals surface area contributed by atoms with Crippen LogP contribution >= 0.6 is 0 Å². The second-order valence-corrected chi connectivity index (χ2v) is 7.46. The third-order valence-electron chi connectivity index (χ3n) is 4.82. The zero-order valence-corrected chi connectivity index (χ0v) is 19.8. The highest BCUT2D eigenvalue weighted by molar-refractivity contribution is 5.97. The van der Waals surface area contributed by atoms with Crippen LogP contribution in [0.4, 0.5) is 10.5 Å². The van der Waals surface area contributed by atoms with Crippen molar-refractivity contribution >= 4 is 35.7 Å². The molecule has 2 rings (SSSR count). The molecule has 0 aliphatic rings. The Morgan fingerprint density at radius 3 is 2.24 bits per heavy atom. The number of alkyl carbamates (subject to hydrolysis) is 1. The topological polar surface area (TPSA) is 120 Å². The Kier molecular flexibility index (Phi) is 9.37. The van der Waals surface area contributed by atoms with Gasteiger partial charge in [0.2, 0.25) is 5.91 Å². The maximum Gasteiger partial charge on any atom is 0.412 e. The number of anilines is 1. The van der Waals surface area contributed by atoms with E-state index in [1.807, 2.05) is 18.2 Å². The molecular formula is C25H28N2O7. The number of hydrogen-bond acceptors (Lipinski definition) is 7. The van der Waals surface area contributed by atoms with E-state index in [1.165, 1.54) is 27.0 Å². The van der Waals surface area contributed by atoms with E-state index in [9.17, 15) is 19.2 Å². The summed E-state index contributed by atoms with van der Waals surface area (Å²) in [6, 6.07) is 10.8. The van der Waals surface area contributed by atoms with Crippen LogP contribution in [-0.4, -0.2) is 31.0 Å². The Morgan fingerprint density at radius 2 is 1.65 bits per heavy atom. The van der Waals surface area contributed by atoms with Gasteiger partial charge in [0.1, 0.15) is 18.9 Å². The van der Waals surface area contributed by atoms with Crippen molar-refractivity contribution in [3.8, 4) is 0 Å². The fourth-order valence-electron chi connectivity index (χ4n) is 3.20. The summed E-state index contributed by atoms with van der Waals surface area (Å²) in [5.41, 5.74) is 3.58. The van der Waals surface area contributed by atoms with Crippen LogP contribution in [0.5, 0.6) is 0 Å². The van der Waals surface area contributed by atoms with Crippen LogP contribution < -0.4 is 10.6 Å². The second-order valence-electron chi connectivity index (χ2n) is 7.46. The summed E-state index contributed by atoms with van der Waals surface area (Å²) in [6.45, 7) is 6.12. The fraction of sp³-hybridized carbons (Fsp3) is 0.280. The molecule has 0 unspecified atom stereocenters. The number of carbonyl (C=O) groups is 4. The van der Waals surface area contributed by atoms with Gasteiger partial charge in [-0.25, -0.2) is 9.59 Å². The fourth-order valence-corrected chi connectivity index (χ4v) is 3.20. The number of amides is 2. The highest BCUT2D eigenvalue weighted by Gasteiger charge is 2.19. The van der Waals surface area contributed by atoms with E-state index in [-0.39, 0.29) is 24.8 Å². The van der Waals surface area contributed by atoms with Crippen molar-refractivity contribution in [1.82, 2.24) is 5.32 Å². The van der Waals surface area contributed by atoms with Crippen molar-refractivity contribution < 1.29 is 33.4 Å². The molecule has 2 aromatic rings. The highest BCUT2D eigenvalue weighted by Crippen LogP contribution is 2.29. The Bertz CT molecular complexity index is 1110. The van der Waals surface area contributed by atoms with Crippen LogP contribution in [0.25, 0.3) is 6.08 Å². The molecule has 0 aromatic heterocycles. The number of methoxy groups -OCH3 is 1. The molecule has 0 fully saturated rings. The molecule has 2 N–H and O–H groups in total. The van der Waals surface area contributed by atoms with E-state index in [0.29, 0.717) is 27.9 Å². The van der Waals surface area contributed by atoms with Crippen molar-refractivity contribution in [2.24, 2.45) is 0 Å². The first-order valence-electron chi connectivity index (χ1n) is 10.4. The summed E-state index contributed by atoms with van der Waals surface area (Å²) in [5, 5.41) is 5.18. The molecule has 9 nitrogen and oxygen atoms in total. The molecular weight excluding hydrogens is 440 g/mol. The third kappa shape index (κ3) is 7.47. The Labute approximate surface area is 198 Å². The number of nitrogens with one attached hydrogen (secondary N) is 2. The van der Waals surface area contributed by atoms with Gasteiger partial charge < -0.3 is 19.5 Å². The van der Waals surface area contributed by atoms with E-state index in [2.05, 4.69) is 10.6 Å². The molecule has 180 valence electrons. The molecule has 0 saturated heterocycles. The number of aryl methyl sites for hydroxylation is 1. The average Bonchev–Trinajstić information content (AvgIpc) is 2.79. The number of rotatable bonds is 8. The molecule has 0 bridgehead atoms. The quantitative estimate of drug-likeness (QED) is 0.344. The van der Waals surface area contributed by atoms with Crippen molar-refractivity contribution in [1.29, 1.82) is 0 Å². The van der Waals surface area contributed by atoms with E-state index < -0.39 is 18.0 Å². The monoisotopic (exact) mass is 468 g/mol. The first-order chi connectivity index (χ1) is 16.1. The zero-order chi connectivity index (χ0) is 25.3. The SMILES string of the molecule is COC(=O)C(=Cc1cc(C)c(NC(C)=O)c(C)c1COC(C)=O)NC(=O)OCc1ccccc1. The average molecular weight is 469 g/mol. The largest absolute Gasteiger partial charge is 0.464 e. The lowest BCUT2D eigenvalue weighted by molar-refractivity contribution is -0.142. The predicted molar refractivity (Wildman–Crippen MR) is 125 cm³/mol. The van der Waals surface area contributed by atoms with Gasteiger partial charge in [-0.3, -0.25) is 14.9 Å². The lowest BCUT2D eigenvalue weighted by Crippen LogP contribution is -2.28. The molecule has 2 amide bonds. The number of ether oxygens (including phenoxy) is 3. The normalized spacial score (nSPS) is 10.8. The van der Waals surface area contributed by atoms with E-state index in [1.54, 1.807) is 32.0 Å². The summed E-state index contributed by atoms with van der Waals surface area (Å²) in [7, 11) is 1.18. The van der Waals surface area contributed by atoms with E-state index in [0.717, 1.165) is 5.56 Å². The van der Waals surface area contributed by atoms with Crippen molar-refractivity contribution in [3.63, 3.8) is 0 Å². The number of esters is 2. The first kappa shape index (κ1) is 26.1. The van der Waals surface area contributed by atoms with Gasteiger partial charge in [0.25, 0.3) is 0 Å². The summed E-state index contributed by atoms with van der Waals surface area (Å²) in [5.74, 6) is -1.55. The minimum atomic E-state index is -0.842. The summed E-state index contributed by atoms with van der Waals surface area (Å²) < 4.78 is 15.2. The predicted octanol–water partition coefficient (Wildman–Crippen LogP) is 3.77. The summed E-state index contributed by atoms with van der Waals surface area (Å²) in [6.07, 6.45) is 0.566. The minimum Gasteiger partial charge on any atom is -0.464 e. The van der Waals surface area contributed by atoms with Crippen LogP contribution in [0.3, 0.4) is 0 Å². The molecule has 0 saturated carbocycles. The molecule has 0 heterocycles. The summed E-state index contributed by atoms with van der Waals surface area (Å²) in [4.78, 5) is 47.8. The van der Waals surface area contributed by atoms with Crippen LogP contribution in [-0.2, 0) is 41.8 Å². The van der Waals surface area contributed by atoms with Crippen LogP contribution in [0.15, 0.2) is 42.1 Å². The standard InChI is InChI=1S/C25H28N2O7/c1-15-11-20(21(14-33-18(4)29)16(2)23(15)26-17(3)28)12-22(24(30)32-5)27-25(31)34-13-19-9-7-6-8-10-19/h6-12H,13-14H2,1-5H3,(H,26,28)(H,27,31). The van der Waals surface area contributed by atoms with Gasteiger partial charge >= 0.3 is 18.0 Å².